The van der Waals surface area contributed by atoms with E-state index in [-0.39, 0.29) is 0 Å². The summed E-state index contributed by atoms with van der Waals surface area (Å²) in [5.74, 6) is 1.45. The van der Waals surface area contributed by atoms with Crippen LogP contribution in [0.2, 0.25) is 0 Å². The van der Waals surface area contributed by atoms with Crippen LogP contribution in [0.5, 0.6) is 0 Å². The van der Waals surface area contributed by atoms with Gasteiger partial charge in [0.2, 0.25) is 0 Å². The van der Waals surface area contributed by atoms with Gasteiger partial charge >= 0.3 is 0 Å². The molecule has 0 aromatic carbocycles. The van der Waals surface area contributed by atoms with E-state index < -0.39 is 0 Å². The lowest BCUT2D eigenvalue weighted by molar-refractivity contribution is 0.703. The van der Waals surface area contributed by atoms with Crippen LogP contribution in [0.25, 0.3) is 0 Å². The van der Waals surface area contributed by atoms with Crippen molar-refractivity contribution in [3.8, 4) is 0 Å². The third kappa shape index (κ3) is 0.469. The lowest BCUT2D eigenvalue weighted by Crippen LogP contribution is -2.03. The van der Waals surface area contributed by atoms with E-state index in [4.69, 9.17) is 11.6 Å². The van der Waals surface area contributed by atoms with Crippen LogP contribution in [0.3, 0.4) is 0 Å². The Morgan fingerprint density at radius 1 is 1.12 bits per heavy atom. The second-order valence-electron chi connectivity index (χ2n) is 2.73. The molecule has 2 aliphatic rings. The maximum absolute atomic E-state index is 6.01. The maximum atomic E-state index is 6.01. The maximum Gasteiger partial charge on any atom is 0.0461 e. The summed E-state index contributed by atoms with van der Waals surface area (Å²) in [6, 6.07) is 0. The third-order valence-electron chi connectivity index (χ3n) is 2.26. The summed E-state index contributed by atoms with van der Waals surface area (Å²) < 4.78 is 0. The summed E-state index contributed by atoms with van der Waals surface area (Å²) in [5.41, 5.74) is 0. The molecule has 2 atom stereocenters. The van der Waals surface area contributed by atoms with Crippen LogP contribution < -0.4 is 0 Å². The van der Waals surface area contributed by atoms with Crippen molar-refractivity contribution in [3.05, 3.63) is 12.2 Å². The number of alkyl halides is 1. The van der Waals surface area contributed by atoms with E-state index >= 15 is 0 Å². The van der Waals surface area contributed by atoms with E-state index in [0.29, 0.717) is 5.38 Å². The van der Waals surface area contributed by atoms with E-state index in [1.54, 1.807) is 0 Å². The van der Waals surface area contributed by atoms with E-state index in [2.05, 4.69) is 12.2 Å². The molecule has 0 radical (unpaired) electrons. The Morgan fingerprint density at radius 3 is 1.75 bits per heavy atom. The molecule has 1 fully saturated rings. The first-order valence-corrected chi connectivity index (χ1v) is 3.64. The minimum Gasteiger partial charge on any atom is -0.122 e. The molecule has 0 amide bonds. The third-order valence-corrected chi connectivity index (χ3v) is 2.90. The number of halogens is 1. The highest BCUT2D eigenvalue weighted by atomic mass is 35.5. The smallest absolute Gasteiger partial charge is 0.0461 e. The number of allylic oxidation sites excluding steroid dienone is 2. The first kappa shape index (κ1) is 4.87. The molecule has 0 N–H and O–H groups in total. The molecular formula is C7H9Cl. The van der Waals surface area contributed by atoms with E-state index in [0.717, 1.165) is 11.8 Å². The summed E-state index contributed by atoms with van der Waals surface area (Å²) in [5, 5.41) is 0.454. The quantitative estimate of drug-likeness (QED) is 0.347. The molecule has 0 spiro atoms. The lowest BCUT2D eigenvalue weighted by atomic mass is 10.1. The first-order chi connectivity index (χ1) is 3.88. The first-order valence-electron chi connectivity index (χ1n) is 3.20. The summed E-state index contributed by atoms with van der Waals surface area (Å²) in [6.45, 7) is 0. The van der Waals surface area contributed by atoms with E-state index in [9.17, 15) is 0 Å². The molecule has 2 rings (SSSR count). The number of rotatable bonds is 0. The zero-order valence-electron chi connectivity index (χ0n) is 4.68. The fraction of sp³-hybridized carbons (Fsp3) is 0.714. The van der Waals surface area contributed by atoms with Crippen LogP contribution in [-0.2, 0) is 0 Å². The van der Waals surface area contributed by atoms with Crippen molar-refractivity contribution in [1.29, 1.82) is 0 Å². The molecule has 0 aromatic rings. The fourth-order valence-corrected chi connectivity index (χ4v) is 2.13. The second-order valence-corrected chi connectivity index (χ2v) is 3.24. The standard InChI is InChI=1S/C7H9Cl/c8-7-5-1-2-6(7)4-3-5/h1-2,5-7H,3-4H2. The largest absolute Gasteiger partial charge is 0.122 e. The van der Waals surface area contributed by atoms with Crippen molar-refractivity contribution in [2.75, 3.05) is 0 Å². The zero-order chi connectivity index (χ0) is 5.56. The van der Waals surface area contributed by atoms with Gasteiger partial charge in [-0.1, -0.05) is 12.2 Å². The predicted octanol–water partition coefficient (Wildman–Crippen LogP) is 2.19. The van der Waals surface area contributed by atoms with E-state index in [1.807, 2.05) is 0 Å². The summed E-state index contributed by atoms with van der Waals surface area (Å²) >= 11 is 6.01. The van der Waals surface area contributed by atoms with Crippen molar-refractivity contribution < 1.29 is 0 Å². The average Bonchev–Trinajstić information content (AvgIpc) is 2.29. The molecule has 0 nitrogen and oxygen atoms in total. The highest BCUT2D eigenvalue weighted by Gasteiger charge is 2.35. The number of hydrogen-bond acceptors (Lipinski definition) is 0. The second kappa shape index (κ2) is 1.51. The molecule has 1 heteroatoms. The average molecular weight is 129 g/mol. The predicted molar refractivity (Wildman–Crippen MR) is 35.0 cm³/mol. The van der Waals surface area contributed by atoms with Crippen LogP contribution in [0.4, 0.5) is 0 Å². The molecule has 0 heterocycles. The molecular weight excluding hydrogens is 120 g/mol. The molecule has 1 saturated carbocycles. The van der Waals surface area contributed by atoms with Crippen molar-refractivity contribution in [2.24, 2.45) is 11.8 Å². The van der Waals surface area contributed by atoms with Crippen LogP contribution in [0.1, 0.15) is 12.8 Å². The fourth-order valence-electron chi connectivity index (χ4n) is 1.71. The Kier molecular flexibility index (Phi) is 0.916. The summed E-state index contributed by atoms with van der Waals surface area (Å²) in [4.78, 5) is 0. The molecule has 0 aliphatic heterocycles. The van der Waals surface area contributed by atoms with Gasteiger partial charge < -0.3 is 0 Å². The Labute approximate surface area is 54.5 Å². The molecule has 2 aliphatic carbocycles. The monoisotopic (exact) mass is 128 g/mol. The van der Waals surface area contributed by atoms with Gasteiger partial charge in [-0.15, -0.1) is 11.6 Å². The van der Waals surface area contributed by atoms with Crippen LogP contribution in [-0.4, -0.2) is 5.38 Å². The van der Waals surface area contributed by atoms with Gasteiger partial charge in [-0.2, -0.15) is 0 Å². The molecule has 0 saturated heterocycles. The van der Waals surface area contributed by atoms with Crippen molar-refractivity contribution in [2.45, 2.75) is 18.2 Å². The van der Waals surface area contributed by atoms with Gasteiger partial charge in [0.1, 0.15) is 0 Å². The van der Waals surface area contributed by atoms with Gasteiger partial charge in [0.25, 0.3) is 0 Å². The molecule has 44 valence electrons. The Morgan fingerprint density at radius 2 is 1.62 bits per heavy atom. The Balaban J connectivity index is 2.27. The minimum atomic E-state index is 0.454. The van der Waals surface area contributed by atoms with Gasteiger partial charge in [-0.05, 0) is 24.7 Å². The molecule has 2 unspecified atom stereocenters. The zero-order valence-corrected chi connectivity index (χ0v) is 5.43. The molecule has 2 bridgehead atoms. The van der Waals surface area contributed by atoms with Gasteiger partial charge in [-0.25, -0.2) is 0 Å². The molecule has 0 aromatic heterocycles. The van der Waals surface area contributed by atoms with Crippen molar-refractivity contribution in [1.82, 2.24) is 0 Å². The molecule has 8 heavy (non-hydrogen) atoms. The van der Waals surface area contributed by atoms with Crippen LogP contribution in [0.15, 0.2) is 12.2 Å². The minimum absolute atomic E-state index is 0.454. The number of hydrogen-bond donors (Lipinski definition) is 0. The summed E-state index contributed by atoms with van der Waals surface area (Å²) in [6.07, 6.45) is 7.20. The van der Waals surface area contributed by atoms with Gasteiger partial charge in [-0.3, -0.25) is 0 Å². The van der Waals surface area contributed by atoms with E-state index in [1.165, 1.54) is 12.8 Å². The van der Waals surface area contributed by atoms with Crippen LogP contribution in [0, 0.1) is 11.8 Å². The SMILES string of the molecule is ClC1C2C=CC1CC2. The normalized spacial score (nSPS) is 50.9. The van der Waals surface area contributed by atoms with Gasteiger partial charge in [0, 0.05) is 5.38 Å². The summed E-state index contributed by atoms with van der Waals surface area (Å²) in [7, 11) is 0. The van der Waals surface area contributed by atoms with Gasteiger partial charge in [0.15, 0.2) is 0 Å². The van der Waals surface area contributed by atoms with Gasteiger partial charge in [0.05, 0.1) is 0 Å². The van der Waals surface area contributed by atoms with Crippen molar-refractivity contribution in [3.63, 3.8) is 0 Å². The van der Waals surface area contributed by atoms with Crippen LogP contribution >= 0.6 is 11.6 Å². The Hall–Kier alpha value is 0.0300. The highest BCUT2D eigenvalue weighted by Crippen LogP contribution is 2.42. The lowest BCUT2D eigenvalue weighted by Gasteiger charge is -2.02. The number of fused-ring (bicyclic) bond motifs is 2. The van der Waals surface area contributed by atoms with Crippen molar-refractivity contribution >= 4 is 11.6 Å². The topological polar surface area (TPSA) is 0 Å². The highest BCUT2D eigenvalue weighted by molar-refractivity contribution is 6.21. The Bertz CT molecular complexity index is 114.